The lowest BCUT2D eigenvalue weighted by atomic mass is 9.79. The molecule has 0 atom stereocenters. The molecule has 46 heavy (non-hydrogen) atoms. The second kappa shape index (κ2) is 12.3. The van der Waals surface area contributed by atoms with Gasteiger partial charge in [0.2, 0.25) is 5.91 Å². The highest BCUT2D eigenvalue weighted by Gasteiger charge is 2.38. The second-order valence-electron chi connectivity index (χ2n) is 12.3. The van der Waals surface area contributed by atoms with E-state index in [9.17, 15) is 32.8 Å². The smallest absolute Gasteiger partial charge is 0.350 e. The van der Waals surface area contributed by atoms with Gasteiger partial charge in [0.15, 0.2) is 0 Å². The van der Waals surface area contributed by atoms with Crippen LogP contribution < -0.4 is 16.2 Å². The lowest BCUT2D eigenvalue weighted by molar-refractivity contribution is -0.869. The van der Waals surface area contributed by atoms with Crippen molar-refractivity contribution in [3.05, 3.63) is 87.8 Å². The van der Waals surface area contributed by atoms with E-state index < -0.39 is 23.2 Å². The van der Waals surface area contributed by atoms with Gasteiger partial charge in [0, 0.05) is 19.0 Å². The fraction of sp³-hybridized carbons (Fsp3) is 0.344. The van der Waals surface area contributed by atoms with Crippen molar-refractivity contribution in [2.75, 3.05) is 34.2 Å². The minimum atomic E-state index is -4.65. The van der Waals surface area contributed by atoms with Crippen LogP contribution in [0.5, 0.6) is 0 Å². The Hall–Kier alpha value is -5.16. The number of likely N-dealkylation sites (N-methyl/N-ethyl adjacent to an activating group) is 1. The number of hydrogen-bond acceptors (Lipinski definition) is 5. The monoisotopic (exact) mass is 635 g/mol. The van der Waals surface area contributed by atoms with Crippen molar-refractivity contribution >= 4 is 11.8 Å². The summed E-state index contributed by atoms with van der Waals surface area (Å²) >= 11 is 0. The Morgan fingerprint density at radius 1 is 1.07 bits per heavy atom. The predicted octanol–water partition coefficient (Wildman–Crippen LogP) is 3.25. The summed E-state index contributed by atoms with van der Waals surface area (Å²) in [6, 6.07) is 14.0. The number of halogens is 3. The summed E-state index contributed by atoms with van der Waals surface area (Å²) in [5.74, 6) is -1.10. The van der Waals surface area contributed by atoms with Crippen molar-refractivity contribution in [2.45, 2.75) is 25.1 Å². The van der Waals surface area contributed by atoms with Crippen molar-refractivity contribution < 1.29 is 27.2 Å². The molecule has 1 saturated carbocycles. The highest BCUT2D eigenvalue weighted by Crippen LogP contribution is 2.32. The number of hydrogen-bond donors (Lipinski definition) is 2. The number of nitrogens with one attached hydrogen (secondary N) is 2. The summed E-state index contributed by atoms with van der Waals surface area (Å²) in [6.07, 6.45) is -2.42. The third-order valence-electron chi connectivity index (χ3n) is 7.96. The first-order chi connectivity index (χ1) is 21.7. The van der Waals surface area contributed by atoms with Crippen LogP contribution in [0.3, 0.4) is 0 Å². The van der Waals surface area contributed by atoms with Crippen LogP contribution in [0.15, 0.2) is 65.6 Å². The van der Waals surface area contributed by atoms with Gasteiger partial charge in [-0.25, -0.2) is 9.36 Å². The third kappa shape index (κ3) is 6.59. The second-order valence-corrected chi connectivity index (χ2v) is 12.3. The van der Waals surface area contributed by atoms with E-state index in [1.54, 1.807) is 30.3 Å². The topological polar surface area (TPSA) is 127 Å². The quantitative estimate of drug-likeness (QED) is 0.273. The fourth-order valence-corrected chi connectivity index (χ4v) is 5.44. The zero-order valence-electron chi connectivity index (χ0n) is 25.8. The van der Waals surface area contributed by atoms with Crippen LogP contribution in [0.25, 0.3) is 22.8 Å². The molecule has 2 heterocycles. The molecule has 1 aliphatic rings. The molecule has 0 saturated heterocycles. The van der Waals surface area contributed by atoms with Crippen LogP contribution in [-0.2, 0) is 18.0 Å². The van der Waals surface area contributed by atoms with Gasteiger partial charge in [0.05, 0.1) is 74.7 Å². The van der Waals surface area contributed by atoms with Gasteiger partial charge in [-0.1, -0.05) is 6.07 Å². The van der Waals surface area contributed by atoms with Crippen molar-refractivity contribution in [3.63, 3.8) is 0 Å². The maximum atomic E-state index is 14.0. The van der Waals surface area contributed by atoms with E-state index in [1.165, 1.54) is 34.7 Å². The Kier molecular flexibility index (Phi) is 8.64. The van der Waals surface area contributed by atoms with Gasteiger partial charge in [0.1, 0.15) is 11.3 Å². The van der Waals surface area contributed by atoms with E-state index in [0.29, 0.717) is 40.8 Å². The largest absolute Gasteiger partial charge is 0.416 e. The van der Waals surface area contributed by atoms with Crippen LogP contribution >= 0.6 is 0 Å². The van der Waals surface area contributed by atoms with Gasteiger partial charge in [0.25, 0.3) is 11.5 Å². The fourth-order valence-electron chi connectivity index (χ4n) is 5.44. The van der Waals surface area contributed by atoms with Crippen molar-refractivity contribution in [2.24, 2.45) is 13.0 Å². The summed E-state index contributed by atoms with van der Waals surface area (Å²) in [4.78, 5) is 40.4. The molecule has 0 unspecified atom stereocenters. The average molecular weight is 636 g/mol. The number of benzene rings is 2. The molecule has 0 bridgehead atoms. The maximum Gasteiger partial charge on any atom is 0.416 e. The average Bonchev–Trinajstić information content (AvgIpc) is 3.55. The molecule has 11 nitrogen and oxygen atoms in total. The van der Waals surface area contributed by atoms with Crippen LogP contribution in [-0.4, -0.2) is 75.7 Å². The van der Waals surface area contributed by atoms with Gasteiger partial charge >= 0.3 is 6.18 Å². The number of nitriles is 1. The summed E-state index contributed by atoms with van der Waals surface area (Å²) in [5, 5.41) is 19.3. The molecular formula is C32H34F3N8O3+. The molecule has 2 N–H and O–H groups in total. The number of aromatic nitrogens is 4. The van der Waals surface area contributed by atoms with Crippen LogP contribution in [0.1, 0.15) is 34.3 Å². The standard InChI is InChI=1S/C32H33F3N8O3/c1-40-28(26-12-13-38-41(26)24-10-8-20(19-36)9-11-24)27(31(46)42(40)25-7-5-6-22(18-25)32(33,34)35)30(45)39-23-16-21(17-23)29(44)37-14-15-43(2,3)4/h5-13,18,21,23H,14-17H2,1-4H3,(H-,37,39,44,45)/p+1/t21-,23-. The molecule has 1 fully saturated rings. The Morgan fingerprint density at radius 2 is 1.76 bits per heavy atom. The molecule has 0 spiro atoms. The van der Waals surface area contributed by atoms with Gasteiger partial charge in [-0.2, -0.15) is 23.5 Å². The Morgan fingerprint density at radius 3 is 2.39 bits per heavy atom. The lowest BCUT2D eigenvalue weighted by Crippen LogP contribution is -2.51. The maximum absolute atomic E-state index is 14.0. The van der Waals surface area contributed by atoms with Gasteiger partial charge in [-0.05, 0) is 61.4 Å². The molecular weight excluding hydrogens is 601 g/mol. The SMILES string of the molecule is Cn1c(-c2ccnn2-c2ccc(C#N)cc2)c(C(=O)N[C@H]2C[C@H](C(=O)NCC[N+](C)(C)C)C2)c(=O)n1-c1cccc(C(F)(F)F)c1. The minimum Gasteiger partial charge on any atom is -0.350 e. The van der Waals surface area contributed by atoms with Gasteiger partial charge in [-0.15, -0.1) is 0 Å². The predicted molar refractivity (Wildman–Crippen MR) is 163 cm³/mol. The van der Waals surface area contributed by atoms with Crippen LogP contribution in [0.2, 0.25) is 0 Å². The molecule has 14 heteroatoms. The number of alkyl halides is 3. The number of nitrogens with zero attached hydrogens (tertiary/aromatic N) is 6. The van der Waals surface area contributed by atoms with Crippen LogP contribution in [0.4, 0.5) is 13.2 Å². The van der Waals surface area contributed by atoms with E-state index in [2.05, 4.69) is 15.7 Å². The first-order valence-corrected chi connectivity index (χ1v) is 14.6. The number of carbonyl (C=O) groups is 2. The number of amides is 2. The van der Waals surface area contributed by atoms with Gasteiger partial charge < -0.3 is 15.1 Å². The summed E-state index contributed by atoms with van der Waals surface area (Å²) in [5.41, 5.74) is -0.750. The summed E-state index contributed by atoms with van der Waals surface area (Å²) in [6.45, 7) is 1.28. The molecule has 0 aliphatic heterocycles. The molecule has 2 aromatic carbocycles. The lowest BCUT2D eigenvalue weighted by Gasteiger charge is -2.35. The van der Waals surface area contributed by atoms with E-state index in [-0.39, 0.29) is 34.8 Å². The summed E-state index contributed by atoms with van der Waals surface area (Å²) < 4.78 is 45.3. The van der Waals surface area contributed by atoms with E-state index in [4.69, 9.17) is 0 Å². The molecule has 2 amide bonds. The molecule has 1 aliphatic carbocycles. The first kappa shape index (κ1) is 32.2. The zero-order valence-corrected chi connectivity index (χ0v) is 25.8. The minimum absolute atomic E-state index is 0.0821. The molecule has 0 radical (unpaired) electrons. The number of carbonyl (C=O) groups excluding carboxylic acids is 2. The van der Waals surface area contributed by atoms with E-state index >= 15 is 0 Å². The number of rotatable bonds is 9. The van der Waals surface area contributed by atoms with E-state index in [0.717, 1.165) is 23.4 Å². The molecule has 240 valence electrons. The molecule has 4 aromatic rings. The Balaban J connectivity index is 1.50. The van der Waals surface area contributed by atoms with Gasteiger partial charge in [-0.3, -0.25) is 19.1 Å². The summed E-state index contributed by atoms with van der Waals surface area (Å²) in [7, 11) is 7.55. The van der Waals surface area contributed by atoms with Crippen molar-refractivity contribution in [1.29, 1.82) is 5.26 Å². The first-order valence-electron chi connectivity index (χ1n) is 14.6. The molecule has 2 aromatic heterocycles. The normalized spacial score (nSPS) is 16.4. The zero-order chi connectivity index (χ0) is 33.4. The highest BCUT2D eigenvalue weighted by molar-refractivity contribution is 6.00. The number of quaternary nitrogens is 1. The highest BCUT2D eigenvalue weighted by atomic mass is 19.4. The third-order valence-corrected chi connectivity index (χ3v) is 7.96. The van der Waals surface area contributed by atoms with E-state index in [1.807, 2.05) is 27.2 Å². The molecule has 5 rings (SSSR count). The van der Waals surface area contributed by atoms with Crippen molar-refractivity contribution in [3.8, 4) is 28.8 Å². The van der Waals surface area contributed by atoms with Crippen molar-refractivity contribution in [1.82, 2.24) is 29.8 Å². The Labute approximate surface area is 263 Å². The Bertz CT molecular complexity index is 1870. The van der Waals surface area contributed by atoms with Crippen LogP contribution in [0, 0.1) is 17.2 Å².